The van der Waals surface area contributed by atoms with Crippen LogP contribution in [-0.2, 0) is 0 Å². The molecule has 5 nitrogen and oxygen atoms in total. The zero-order valence-electron chi connectivity index (χ0n) is 11.6. The van der Waals surface area contributed by atoms with Gasteiger partial charge in [-0.2, -0.15) is 5.26 Å². The third-order valence-electron chi connectivity index (χ3n) is 2.75. The second-order valence-electron chi connectivity index (χ2n) is 4.42. The minimum absolute atomic E-state index is 0.328. The summed E-state index contributed by atoms with van der Waals surface area (Å²) in [6, 6.07) is 4.05. The number of aryl methyl sites for hydroxylation is 1. The van der Waals surface area contributed by atoms with Crippen LogP contribution < -0.4 is 9.80 Å². The molecule has 1 aromatic heterocycles. The van der Waals surface area contributed by atoms with E-state index in [2.05, 4.69) is 27.9 Å². The van der Waals surface area contributed by atoms with E-state index in [-0.39, 0.29) is 0 Å². The summed E-state index contributed by atoms with van der Waals surface area (Å²) < 4.78 is 0. The molecule has 1 aromatic rings. The molecule has 1 rings (SSSR count). The summed E-state index contributed by atoms with van der Waals surface area (Å²) in [7, 11) is 3.90. The van der Waals surface area contributed by atoms with E-state index in [0.717, 1.165) is 36.8 Å². The predicted molar refractivity (Wildman–Crippen MR) is 73.8 cm³/mol. The lowest BCUT2D eigenvalue weighted by atomic mass is 10.3. The Morgan fingerprint density at radius 1 is 1.22 bits per heavy atom. The number of unbranched alkanes of at least 4 members (excludes halogenated alkanes) is 1. The van der Waals surface area contributed by atoms with Crippen molar-refractivity contribution in [2.75, 3.05) is 37.0 Å². The molecule has 0 N–H and O–H groups in total. The third kappa shape index (κ3) is 3.88. The van der Waals surface area contributed by atoms with Crippen molar-refractivity contribution in [3.8, 4) is 6.07 Å². The Balaban J connectivity index is 2.90. The summed E-state index contributed by atoms with van der Waals surface area (Å²) in [5.74, 6) is 2.44. The van der Waals surface area contributed by atoms with Crippen LogP contribution in [0.15, 0.2) is 6.07 Å². The van der Waals surface area contributed by atoms with Crippen LogP contribution in [0.25, 0.3) is 0 Å². The molecule has 0 aliphatic rings. The molecular formula is C13H21N5. The first-order valence-electron chi connectivity index (χ1n) is 6.23. The Labute approximate surface area is 109 Å². The maximum absolute atomic E-state index is 8.72. The first-order valence-corrected chi connectivity index (χ1v) is 6.23. The molecule has 0 fully saturated rings. The van der Waals surface area contributed by atoms with E-state index in [1.165, 1.54) is 0 Å². The molecule has 0 aromatic carbocycles. The average molecular weight is 247 g/mol. The van der Waals surface area contributed by atoms with Gasteiger partial charge in [0.05, 0.1) is 6.07 Å². The monoisotopic (exact) mass is 247 g/mol. The van der Waals surface area contributed by atoms with Gasteiger partial charge in [0, 0.05) is 26.7 Å². The summed E-state index contributed by atoms with van der Waals surface area (Å²) in [4.78, 5) is 12.7. The second-order valence-corrected chi connectivity index (χ2v) is 4.42. The number of hydrogen-bond donors (Lipinski definition) is 0. The highest BCUT2D eigenvalue weighted by atomic mass is 15.2. The van der Waals surface area contributed by atoms with Gasteiger partial charge in [0.2, 0.25) is 0 Å². The van der Waals surface area contributed by atoms with Crippen molar-refractivity contribution in [2.24, 2.45) is 0 Å². The van der Waals surface area contributed by atoms with Crippen LogP contribution in [0, 0.1) is 18.3 Å². The summed E-state index contributed by atoms with van der Waals surface area (Å²) in [6.45, 7) is 5.36. The molecular weight excluding hydrogens is 226 g/mol. The van der Waals surface area contributed by atoms with Crippen LogP contribution in [-0.4, -0.2) is 37.2 Å². The van der Waals surface area contributed by atoms with Gasteiger partial charge in [-0.3, -0.25) is 0 Å². The highest BCUT2D eigenvalue weighted by Gasteiger charge is 2.09. The minimum Gasteiger partial charge on any atom is -0.360 e. The quantitative estimate of drug-likeness (QED) is 0.719. The summed E-state index contributed by atoms with van der Waals surface area (Å²) in [5.41, 5.74) is 0. The van der Waals surface area contributed by atoms with Crippen molar-refractivity contribution in [2.45, 2.75) is 26.7 Å². The molecule has 0 aliphatic carbocycles. The summed E-state index contributed by atoms with van der Waals surface area (Å²) in [5, 5.41) is 8.72. The topological polar surface area (TPSA) is 56.0 Å². The van der Waals surface area contributed by atoms with Crippen molar-refractivity contribution in [1.29, 1.82) is 5.26 Å². The maximum Gasteiger partial charge on any atom is 0.134 e. The van der Waals surface area contributed by atoms with Gasteiger partial charge in [0.15, 0.2) is 0 Å². The Morgan fingerprint density at radius 2 is 1.83 bits per heavy atom. The fourth-order valence-corrected chi connectivity index (χ4v) is 1.62. The van der Waals surface area contributed by atoms with Gasteiger partial charge in [-0.15, -0.1) is 0 Å². The van der Waals surface area contributed by atoms with Crippen LogP contribution >= 0.6 is 0 Å². The lowest BCUT2D eigenvalue weighted by Crippen LogP contribution is -2.23. The Morgan fingerprint density at radius 3 is 2.39 bits per heavy atom. The largest absolute Gasteiger partial charge is 0.360 e. The van der Waals surface area contributed by atoms with E-state index >= 15 is 0 Å². The molecule has 18 heavy (non-hydrogen) atoms. The molecule has 0 bridgehead atoms. The van der Waals surface area contributed by atoms with Crippen molar-refractivity contribution < 1.29 is 0 Å². The molecule has 98 valence electrons. The van der Waals surface area contributed by atoms with E-state index in [4.69, 9.17) is 5.26 Å². The van der Waals surface area contributed by atoms with Gasteiger partial charge in [0.1, 0.15) is 24.0 Å². The summed E-state index contributed by atoms with van der Waals surface area (Å²) >= 11 is 0. The van der Waals surface area contributed by atoms with Gasteiger partial charge in [0.25, 0.3) is 0 Å². The van der Waals surface area contributed by atoms with E-state index in [0.29, 0.717) is 6.54 Å². The number of nitrogens with zero attached hydrogens (tertiary/aromatic N) is 5. The number of rotatable bonds is 6. The maximum atomic E-state index is 8.72. The third-order valence-corrected chi connectivity index (χ3v) is 2.75. The van der Waals surface area contributed by atoms with Crippen LogP contribution in [0.4, 0.5) is 11.6 Å². The number of anilines is 2. The van der Waals surface area contributed by atoms with E-state index in [9.17, 15) is 0 Å². The Bertz CT molecular complexity index is 424. The molecule has 1 heterocycles. The van der Waals surface area contributed by atoms with Crippen LogP contribution in [0.3, 0.4) is 0 Å². The van der Waals surface area contributed by atoms with Crippen LogP contribution in [0.2, 0.25) is 0 Å². The van der Waals surface area contributed by atoms with Gasteiger partial charge >= 0.3 is 0 Å². The summed E-state index contributed by atoms with van der Waals surface area (Å²) in [6.07, 6.45) is 2.30. The molecule has 0 amide bonds. The highest BCUT2D eigenvalue weighted by molar-refractivity contribution is 5.50. The van der Waals surface area contributed by atoms with Crippen molar-refractivity contribution in [3.05, 3.63) is 11.9 Å². The SMILES string of the molecule is CCCCN(C)c1cc(N(C)CC#N)nc(C)n1. The fraction of sp³-hybridized carbons (Fsp3) is 0.615. The molecule has 0 saturated heterocycles. The Hall–Kier alpha value is -1.83. The molecule has 5 heteroatoms. The molecule has 0 unspecified atom stereocenters. The van der Waals surface area contributed by atoms with Gasteiger partial charge in [-0.1, -0.05) is 13.3 Å². The lowest BCUT2D eigenvalue weighted by Gasteiger charge is -2.21. The number of aromatic nitrogens is 2. The van der Waals surface area contributed by atoms with Crippen molar-refractivity contribution in [3.63, 3.8) is 0 Å². The first-order chi connectivity index (χ1) is 8.58. The van der Waals surface area contributed by atoms with Gasteiger partial charge in [-0.05, 0) is 13.3 Å². The van der Waals surface area contributed by atoms with Crippen LogP contribution in [0.1, 0.15) is 25.6 Å². The van der Waals surface area contributed by atoms with Gasteiger partial charge in [-0.25, -0.2) is 9.97 Å². The normalized spacial score (nSPS) is 9.94. The van der Waals surface area contributed by atoms with E-state index in [1.54, 1.807) is 0 Å². The molecule has 0 saturated carbocycles. The zero-order chi connectivity index (χ0) is 13.5. The minimum atomic E-state index is 0.328. The lowest BCUT2D eigenvalue weighted by molar-refractivity contribution is 0.755. The number of nitriles is 1. The first kappa shape index (κ1) is 14.2. The van der Waals surface area contributed by atoms with E-state index < -0.39 is 0 Å². The van der Waals surface area contributed by atoms with E-state index in [1.807, 2.05) is 32.0 Å². The fourth-order valence-electron chi connectivity index (χ4n) is 1.62. The Kier molecular flexibility index (Phi) is 5.37. The molecule has 0 radical (unpaired) electrons. The zero-order valence-corrected chi connectivity index (χ0v) is 11.6. The standard InChI is InChI=1S/C13H21N5/c1-5-6-8-17(3)12-10-13(16-11(2)15-12)18(4)9-7-14/h10H,5-6,8-9H2,1-4H3. The molecule has 0 atom stereocenters. The second kappa shape index (κ2) is 6.80. The van der Waals surface area contributed by atoms with Crippen molar-refractivity contribution >= 4 is 11.6 Å². The van der Waals surface area contributed by atoms with Crippen molar-refractivity contribution in [1.82, 2.24) is 9.97 Å². The van der Waals surface area contributed by atoms with Crippen LogP contribution in [0.5, 0.6) is 0 Å². The smallest absolute Gasteiger partial charge is 0.134 e. The molecule has 0 aliphatic heterocycles. The van der Waals surface area contributed by atoms with Gasteiger partial charge < -0.3 is 9.80 Å². The number of hydrogen-bond acceptors (Lipinski definition) is 5. The molecule has 0 spiro atoms. The highest BCUT2D eigenvalue weighted by Crippen LogP contribution is 2.17. The predicted octanol–water partition coefficient (Wildman–Crippen LogP) is 1.98. The average Bonchev–Trinajstić information content (AvgIpc) is 2.35.